The van der Waals surface area contributed by atoms with E-state index in [9.17, 15) is 73.5 Å². The molecule has 0 heterocycles. The molecule has 20 fully saturated rings. The molecule has 20 aliphatic rings. The van der Waals surface area contributed by atoms with Crippen LogP contribution in [0, 0.1) is 122 Å². The number of esters is 8. The minimum absolute atomic E-state index is 0.00299. The second-order valence-electron chi connectivity index (χ2n) is 44.2. The lowest BCUT2D eigenvalue weighted by Gasteiger charge is -2.61. The van der Waals surface area contributed by atoms with Gasteiger partial charge in [-0.1, -0.05) is 60.8 Å². The lowest BCUT2D eigenvalue weighted by molar-refractivity contribution is -0.217. The van der Waals surface area contributed by atoms with Gasteiger partial charge in [0.1, 0.15) is 22.4 Å². The van der Waals surface area contributed by atoms with Crippen LogP contribution in [0.3, 0.4) is 0 Å². The highest BCUT2D eigenvalue weighted by atomic mass is 19.3. The molecule has 0 aromatic carbocycles. The van der Waals surface area contributed by atoms with Gasteiger partial charge >= 0.3 is 71.4 Å². The first-order valence-electron chi connectivity index (χ1n) is 45.2. The van der Waals surface area contributed by atoms with E-state index in [0.29, 0.717) is 124 Å². The minimum Gasteiger partial charge on any atom is -0.461 e. The Hall–Kier alpha value is -4.80. The van der Waals surface area contributed by atoms with Crippen molar-refractivity contribution < 1.29 is 111 Å². The molecule has 20 saturated carbocycles. The van der Waals surface area contributed by atoms with Gasteiger partial charge in [-0.25, -0.2) is 19.2 Å². The van der Waals surface area contributed by atoms with Gasteiger partial charge in [-0.15, -0.1) is 0 Å². The third kappa shape index (κ3) is 20.9. The van der Waals surface area contributed by atoms with Crippen molar-refractivity contribution in [3.05, 3.63) is 0 Å². The molecule has 8 unspecified atom stereocenters. The summed E-state index contributed by atoms with van der Waals surface area (Å²) < 4.78 is 151. The van der Waals surface area contributed by atoms with Crippen molar-refractivity contribution >= 4 is 47.8 Å². The van der Waals surface area contributed by atoms with Crippen LogP contribution in [0.25, 0.3) is 0 Å². The fourth-order valence-electron chi connectivity index (χ4n) is 28.2. The van der Waals surface area contributed by atoms with E-state index in [2.05, 4.69) is 41.5 Å². The Bertz CT molecular complexity index is 3480. The number of alkyl halides is 8. The van der Waals surface area contributed by atoms with Crippen molar-refractivity contribution in [3.8, 4) is 0 Å². The molecule has 0 saturated heterocycles. The Morgan fingerprint density at radius 1 is 0.310 bits per heavy atom. The Morgan fingerprint density at radius 3 is 0.759 bits per heavy atom. The second-order valence-corrected chi connectivity index (χ2v) is 44.2. The van der Waals surface area contributed by atoms with E-state index >= 15 is 0 Å². The third-order valence-corrected chi connectivity index (χ3v) is 31.9. The number of rotatable bonds is 21. The van der Waals surface area contributed by atoms with Crippen LogP contribution in [0.2, 0.25) is 0 Å². The Balaban J connectivity index is 0.000000135. The summed E-state index contributed by atoms with van der Waals surface area (Å²) in [5, 5.41) is 0. The van der Waals surface area contributed by atoms with Crippen LogP contribution in [0.15, 0.2) is 0 Å². The summed E-state index contributed by atoms with van der Waals surface area (Å²) in [5.74, 6) is -13.9. The number of carbonyl (C=O) groups excluding carboxylic acids is 8. The topological polar surface area (TPSA) is 210 Å². The maximum Gasteiger partial charge on any atom is 0.376 e. The Kier molecular flexibility index (Phi) is 25.7. The Labute approximate surface area is 682 Å². The quantitative estimate of drug-likeness (QED) is 0.0594. The fraction of sp³-hybridized carbons (Fsp3) is 0.913. The van der Waals surface area contributed by atoms with Gasteiger partial charge in [0.2, 0.25) is 0 Å². The van der Waals surface area contributed by atoms with Crippen molar-refractivity contribution in [2.45, 2.75) is 379 Å². The van der Waals surface area contributed by atoms with E-state index in [4.69, 9.17) is 37.9 Å². The molecule has 0 aromatic rings. The molecule has 0 radical (unpaired) electrons. The molecule has 0 aliphatic heterocycles. The van der Waals surface area contributed by atoms with Crippen LogP contribution in [-0.4, -0.2) is 120 Å². The predicted octanol–water partition coefficient (Wildman–Crippen LogP) is 21.0. The Morgan fingerprint density at radius 2 is 0.534 bits per heavy atom. The van der Waals surface area contributed by atoms with Gasteiger partial charge in [0, 0.05) is 49.4 Å². The fourth-order valence-corrected chi connectivity index (χ4v) is 28.2. The van der Waals surface area contributed by atoms with Crippen LogP contribution in [0.1, 0.15) is 332 Å². The zero-order valence-electron chi connectivity index (χ0n) is 71.1. The zero-order valence-corrected chi connectivity index (χ0v) is 71.1. The average molecular weight is 1650 g/mol. The van der Waals surface area contributed by atoms with E-state index < -0.39 is 70.0 Å². The highest BCUT2D eigenvalue weighted by Crippen LogP contribution is 2.68. The van der Waals surface area contributed by atoms with Gasteiger partial charge in [0.15, 0.2) is 0 Å². The maximum absolute atomic E-state index is 13.3. The largest absolute Gasteiger partial charge is 0.461 e. The molecule has 0 N–H and O–H groups in total. The van der Waals surface area contributed by atoms with Gasteiger partial charge < -0.3 is 37.9 Å². The van der Waals surface area contributed by atoms with Gasteiger partial charge in [0.05, 0.1) is 50.1 Å². The highest BCUT2D eigenvalue weighted by molar-refractivity contribution is 5.79. The van der Waals surface area contributed by atoms with E-state index in [1.165, 1.54) is 6.42 Å². The van der Waals surface area contributed by atoms with E-state index in [1.54, 1.807) is 0 Å². The molecular weight excluding hydrogens is 1510 g/mol. The van der Waals surface area contributed by atoms with Gasteiger partial charge in [-0.2, -0.15) is 35.1 Å². The molecule has 0 amide bonds. The van der Waals surface area contributed by atoms with Crippen molar-refractivity contribution in [1.82, 2.24) is 0 Å². The molecule has 0 aromatic heterocycles. The first-order chi connectivity index (χ1) is 54.1. The smallest absolute Gasteiger partial charge is 0.376 e. The predicted molar refractivity (Wildman–Crippen MR) is 413 cm³/mol. The maximum atomic E-state index is 13.3. The summed E-state index contributed by atoms with van der Waals surface area (Å²) in [7, 11) is 0. The summed E-state index contributed by atoms with van der Waals surface area (Å²) in [6.07, 6.45) is 38.0. The van der Waals surface area contributed by atoms with Crippen molar-refractivity contribution in [3.63, 3.8) is 0 Å². The van der Waals surface area contributed by atoms with E-state index in [-0.39, 0.29) is 101 Å². The van der Waals surface area contributed by atoms with E-state index in [0.717, 1.165) is 231 Å². The summed E-state index contributed by atoms with van der Waals surface area (Å²) in [5.41, 5.74) is -2.93. The molecule has 0 spiro atoms. The molecule has 20 rings (SSSR count). The van der Waals surface area contributed by atoms with Gasteiger partial charge in [-0.05, 0) is 320 Å². The van der Waals surface area contributed by atoms with Crippen LogP contribution < -0.4 is 0 Å². The van der Waals surface area contributed by atoms with Crippen LogP contribution in [0.5, 0.6) is 0 Å². The monoisotopic (exact) mass is 1650 g/mol. The zero-order chi connectivity index (χ0) is 83.8. The molecule has 656 valence electrons. The molecule has 20 aliphatic carbocycles. The van der Waals surface area contributed by atoms with Crippen LogP contribution in [0.4, 0.5) is 35.1 Å². The summed E-state index contributed by atoms with van der Waals surface area (Å²) in [6.45, 7) is 15.9. The standard InChI is InChI=1S/C25H38F2O4.C24H36F2O4.C22H32F2O4.C21H30F2O4/c1-22(2,3)19-7-5-18(6-8-19)20(28)31-25-12-16-9-17(13-25)11-24(10-16,14-25)15-30-21(29)23(4,26)27;1-15(2)18-4-6-19(7-5-18)20(27)30-24-11-16-8-17(12-24)10-23(9-16,13-24)14-29-21(28)22(3,25)26;1-14-3-5-17(6-4-14)18(25)28-22-10-15-7-16(11-22)9-21(8-15,12-22)13-27-19(26)20(2,23)24;1-19(22,23)18(25)26-13-20-8-14-7-15(9-20)11-21(10-14,12-20)27-17(24)16-5-3-2-4-6-16/h16-19H,5-15H2,1-4H3;15-19H,4-14H2,1-3H3;14-17H,3-13H2,1-2H3;14-16H,2-13H2,1H3. The average Bonchev–Trinajstić information content (AvgIpc) is 0.739. The van der Waals surface area contributed by atoms with Crippen molar-refractivity contribution in [2.24, 2.45) is 122 Å². The number of ether oxygens (including phenoxy) is 8. The van der Waals surface area contributed by atoms with Crippen molar-refractivity contribution in [1.29, 1.82) is 0 Å². The molecule has 8 atom stereocenters. The normalized spacial score (nSPS) is 40.3. The molecule has 116 heavy (non-hydrogen) atoms. The van der Waals surface area contributed by atoms with E-state index in [1.807, 2.05) is 0 Å². The summed E-state index contributed by atoms with van der Waals surface area (Å²) in [6, 6.07) is 0. The highest BCUT2D eigenvalue weighted by Gasteiger charge is 2.66. The van der Waals surface area contributed by atoms with Gasteiger partial charge in [-0.3, -0.25) is 19.2 Å². The first kappa shape index (κ1) is 89.0. The molecule has 16 bridgehead atoms. The first-order valence-corrected chi connectivity index (χ1v) is 45.2. The van der Waals surface area contributed by atoms with Crippen LogP contribution >= 0.6 is 0 Å². The summed E-state index contributed by atoms with van der Waals surface area (Å²) in [4.78, 5) is 98.3. The van der Waals surface area contributed by atoms with Crippen LogP contribution in [-0.2, 0) is 76.3 Å². The number of carbonyl (C=O) groups is 8. The third-order valence-electron chi connectivity index (χ3n) is 31.9. The number of halogens is 8. The second kappa shape index (κ2) is 33.5. The molecule has 24 heteroatoms. The molecular formula is C92H136F8O16. The lowest BCUT2D eigenvalue weighted by Crippen LogP contribution is -2.59. The van der Waals surface area contributed by atoms with Gasteiger partial charge in [0.25, 0.3) is 0 Å². The minimum atomic E-state index is -3.47. The lowest BCUT2D eigenvalue weighted by atomic mass is 9.48. The SMILES string of the molecule is CC(C)C1CCC(C(=O)OC23CC4CC(CC(COC(=O)C(C)(F)F)(C4)C2)C3)CC1.CC(F)(F)C(=O)OCC12CC3CC(C1)CC(OC(=O)C1CCC(C(C)(C)C)CC1)(C3)C2.CC(F)(F)C(=O)OCC12CC3CC(C1)CC(OC(=O)C1CCCCC1)(C3)C2.CC1CCC(C(=O)OC23CC4CC(CC(COC(=O)C(C)(F)F)(C4)C2)C3)CC1. The van der Waals surface area contributed by atoms with Crippen molar-refractivity contribution in [2.75, 3.05) is 26.4 Å². The summed E-state index contributed by atoms with van der Waals surface area (Å²) >= 11 is 0. The molecule has 16 nitrogen and oxygen atoms in total. The number of hydrogen-bond donors (Lipinski definition) is 0. The number of hydrogen-bond acceptors (Lipinski definition) is 16.